The minimum absolute atomic E-state index is 0.0196. The Morgan fingerprint density at radius 3 is 2.41 bits per heavy atom. The van der Waals surface area contributed by atoms with Gasteiger partial charge in [-0.05, 0) is 35.7 Å². The molecule has 2 atom stereocenters. The van der Waals surface area contributed by atoms with E-state index in [0.29, 0.717) is 5.88 Å². The molecule has 0 amide bonds. The molecule has 27 heavy (non-hydrogen) atoms. The SMILES string of the molecule is Cc1ccc(O[C@H]2C[C@@H](CO)N(c3ccc(-c4ccccc4)cc3)C2)nc1. The van der Waals surface area contributed by atoms with Crippen molar-refractivity contribution in [1.82, 2.24) is 4.98 Å². The van der Waals surface area contributed by atoms with E-state index in [-0.39, 0.29) is 18.8 Å². The first-order chi connectivity index (χ1) is 13.2. The molecule has 1 aliphatic rings. The van der Waals surface area contributed by atoms with Crippen LogP contribution in [0.1, 0.15) is 12.0 Å². The molecule has 2 aromatic carbocycles. The lowest BCUT2D eigenvalue weighted by molar-refractivity contribution is 0.200. The van der Waals surface area contributed by atoms with E-state index in [1.54, 1.807) is 0 Å². The fourth-order valence-corrected chi connectivity index (χ4v) is 3.62. The third kappa shape index (κ3) is 3.96. The molecular weight excluding hydrogens is 336 g/mol. The molecule has 1 aromatic heterocycles. The maximum atomic E-state index is 9.84. The number of pyridine rings is 1. The number of nitrogens with zero attached hydrogens (tertiary/aromatic N) is 2. The molecule has 2 heterocycles. The summed E-state index contributed by atoms with van der Waals surface area (Å²) in [6.07, 6.45) is 2.62. The van der Waals surface area contributed by atoms with Crippen molar-refractivity contribution in [3.63, 3.8) is 0 Å². The molecule has 0 bridgehead atoms. The lowest BCUT2D eigenvalue weighted by Crippen LogP contribution is -2.32. The Balaban J connectivity index is 1.48. The van der Waals surface area contributed by atoms with Gasteiger partial charge in [0.15, 0.2) is 0 Å². The van der Waals surface area contributed by atoms with Crippen LogP contribution in [0.25, 0.3) is 11.1 Å². The van der Waals surface area contributed by atoms with Gasteiger partial charge in [-0.2, -0.15) is 0 Å². The molecule has 0 unspecified atom stereocenters. The minimum atomic E-state index is 0.0196. The molecule has 1 saturated heterocycles. The molecule has 0 spiro atoms. The molecule has 1 aliphatic heterocycles. The first-order valence-electron chi connectivity index (χ1n) is 9.35. The van der Waals surface area contributed by atoms with Crippen LogP contribution >= 0.6 is 0 Å². The van der Waals surface area contributed by atoms with E-state index in [4.69, 9.17) is 4.74 Å². The van der Waals surface area contributed by atoms with Gasteiger partial charge in [-0.3, -0.25) is 0 Å². The Hall–Kier alpha value is -2.85. The van der Waals surface area contributed by atoms with Crippen LogP contribution in [0.3, 0.4) is 0 Å². The first kappa shape index (κ1) is 17.6. The molecule has 4 heteroatoms. The van der Waals surface area contributed by atoms with Crippen molar-refractivity contribution in [2.24, 2.45) is 0 Å². The summed E-state index contributed by atoms with van der Waals surface area (Å²) in [6.45, 7) is 2.86. The number of hydrogen-bond acceptors (Lipinski definition) is 4. The van der Waals surface area contributed by atoms with Gasteiger partial charge in [0, 0.05) is 24.4 Å². The number of anilines is 1. The zero-order valence-corrected chi connectivity index (χ0v) is 15.5. The molecule has 0 saturated carbocycles. The fraction of sp³-hybridized carbons (Fsp3) is 0.261. The maximum absolute atomic E-state index is 9.84. The smallest absolute Gasteiger partial charge is 0.213 e. The van der Waals surface area contributed by atoms with Crippen LogP contribution in [-0.4, -0.2) is 35.4 Å². The van der Waals surface area contributed by atoms with Gasteiger partial charge in [-0.1, -0.05) is 48.5 Å². The summed E-state index contributed by atoms with van der Waals surface area (Å²) in [7, 11) is 0. The van der Waals surface area contributed by atoms with Crippen molar-refractivity contribution in [1.29, 1.82) is 0 Å². The standard InChI is InChI=1S/C23H24N2O2/c1-17-7-12-23(24-14-17)27-22-13-21(16-26)25(15-22)20-10-8-19(9-11-20)18-5-3-2-4-6-18/h2-12,14,21-22,26H,13,15-16H2,1H3/t21-,22-/m0/s1. The monoisotopic (exact) mass is 360 g/mol. The van der Waals surface area contributed by atoms with Crippen LogP contribution in [0, 0.1) is 6.92 Å². The van der Waals surface area contributed by atoms with Gasteiger partial charge in [0.05, 0.1) is 19.2 Å². The molecule has 0 aliphatic carbocycles. The van der Waals surface area contributed by atoms with E-state index in [9.17, 15) is 5.11 Å². The van der Waals surface area contributed by atoms with Crippen molar-refractivity contribution in [2.45, 2.75) is 25.5 Å². The second-order valence-electron chi connectivity index (χ2n) is 7.05. The van der Waals surface area contributed by atoms with Gasteiger partial charge >= 0.3 is 0 Å². The summed E-state index contributed by atoms with van der Waals surface area (Å²) >= 11 is 0. The van der Waals surface area contributed by atoms with Crippen LogP contribution in [0.5, 0.6) is 5.88 Å². The molecule has 4 rings (SSSR count). The second-order valence-corrected chi connectivity index (χ2v) is 7.05. The minimum Gasteiger partial charge on any atom is -0.472 e. The van der Waals surface area contributed by atoms with E-state index in [2.05, 4.69) is 46.3 Å². The number of aliphatic hydroxyl groups is 1. The summed E-state index contributed by atoms with van der Waals surface area (Å²) in [4.78, 5) is 6.56. The third-order valence-electron chi connectivity index (χ3n) is 5.06. The quantitative estimate of drug-likeness (QED) is 0.745. The number of aromatic nitrogens is 1. The highest BCUT2D eigenvalue weighted by Crippen LogP contribution is 2.30. The van der Waals surface area contributed by atoms with E-state index < -0.39 is 0 Å². The number of rotatable bonds is 5. The Morgan fingerprint density at radius 1 is 1.00 bits per heavy atom. The van der Waals surface area contributed by atoms with Gasteiger partial charge in [0.2, 0.25) is 5.88 Å². The zero-order valence-electron chi connectivity index (χ0n) is 15.5. The van der Waals surface area contributed by atoms with Gasteiger partial charge in [0.25, 0.3) is 0 Å². The lowest BCUT2D eigenvalue weighted by Gasteiger charge is -2.25. The van der Waals surface area contributed by atoms with Crippen LogP contribution in [0.2, 0.25) is 0 Å². The molecule has 0 radical (unpaired) electrons. The van der Waals surface area contributed by atoms with Crippen molar-refractivity contribution >= 4 is 5.69 Å². The van der Waals surface area contributed by atoms with Crippen LogP contribution < -0.4 is 9.64 Å². The summed E-state index contributed by atoms with van der Waals surface area (Å²) in [6, 6.07) is 22.8. The van der Waals surface area contributed by atoms with Gasteiger partial charge in [-0.25, -0.2) is 4.98 Å². The van der Waals surface area contributed by atoms with Crippen molar-refractivity contribution in [2.75, 3.05) is 18.1 Å². The van der Waals surface area contributed by atoms with E-state index in [1.165, 1.54) is 11.1 Å². The zero-order chi connectivity index (χ0) is 18.6. The van der Waals surface area contributed by atoms with Gasteiger partial charge in [0.1, 0.15) is 6.10 Å². The van der Waals surface area contributed by atoms with Gasteiger partial charge in [-0.15, -0.1) is 0 Å². The lowest BCUT2D eigenvalue weighted by atomic mass is 10.1. The average molecular weight is 360 g/mol. The number of ether oxygens (including phenoxy) is 1. The number of benzene rings is 2. The van der Waals surface area contributed by atoms with Crippen LogP contribution in [0.4, 0.5) is 5.69 Å². The highest BCUT2D eigenvalue weighted by molar-refractivity contribution is 5.66. The molecular formula is C23H24N2O2. The Bertz CT molecular complexity index is 863. The highest BCUT2D eigenvalue weighted by Gasteiger charge is 2.33. The molecule has 138 valence electrons. The third-order valence-corrected chi connectivity index (χ3v) is 5.06. The van der Waals surface area contributed by atoms with Crippen molar-refractivity contribution in [3.8, 4) is 17.0 Å². The predicted molar refractivity (Wildman–Crippen MR) is 108 cm³/mol. The molecule has 1 N–H and O–H groups in total. The van der Waals surface area contributed by atoms with Gasteiger partial charge < -0.3 is 14.7 Å². The number of aliphatic hydroxyl groups excluding tert-OH is 1. The van der Waals surface area contributed by atoms with E-state index >= 15 is 0 Å². The largest absolute Gasteiger partial charge is 0.472 e. The summed E-state index contributed by atoms with van der Waals surface area (Å²) in [5.74, 6) is 0.642. The molecule has 4 nitrogen and oxygen atoms in total. The van der Waals surface area contributed by atoms with Crippen LogP contribution in [-0.2, 0) is 0 Å². The Labute approximate surface area is 160 Å². The maximum Gasteiger partial charge on any atom is 0.213 e. The predicted octanol–water partition coefficient (Wildman–Crippen LogP) is 4.08. The number of aryl methyl sites for hydroxylation is 1. The first-order valence-corrected chi connectivity index (χ1v) is 9.35. The van der Waals surface area contributed by atoms with Crippen LogP contribution in [0.15, 0.2) is 72.9 Å². The summed E-state index contributed by atoms with van der Waals surface area (Å²) in [5, 5.41) is 9.84. The Kier molecular flexibility index (Phi) is 5.07. The Morgan fingerprint density at radius 2 is 1.74 bits per heavy atom. The number of hydrogen-bond donors (Lipinski definition) is 1. The van der Waals surface area contributed by atoms with Crippen molar-refractivity contribution in [3.05, 3.63) is 78.5 Å². The van der Waals surface area contributed by atoms with E-state index in [0.717, 1.165) is 24.2 Å². The van der Waals surface area contributed by atoms with Crippen molar-refractivity contribution < 1.29 is 9.84 Å². The summed E-state index contributed by atoms with van der Waals surface area (Å²) < 4.78 is 6.04. The average Bonchev–Trinajstić information content (AvgIpc) is 3.13. The topological polar surface area (TPSA) is 45.6 Å². The molecule has 1 fully saturated rings. The second kappa shape index (κ2) is 7.80. The fourth-order valence-electron chi connectivity index (χ4n) is 3.62. The highest BCUT2D eigenvalue weighted by atomic mass is 16.5. The molecule has 3 aromatic rings. The summed E-state index contributed by atoms with van der Waals surface area (Å²) in [5.41, 5.74) is 4.62. The normalized spacial score (nSPS) is 19.3. The van der Waals surface area contributed by atoms with E-state index in [1.807, 2.05) is 43.5 Å².